The van der Waals surface area contributed by atoms with Crippen LogP contribution in [0.15, 0.2) is 54.6 Å². The van der Waals surface area contributed by atoms with E-state index in [1.165, 1.54) is 0 Å². The predicted octanol–water partition coefficient (Wildman–Crippen LogP) is 2.44. The second-order valence-corrected chi connectivity index (χ2v) is 6.95. The van der Waals surface area contributed by atoms with E-state index in [0.29, 0.717) is 30.1 Å². The maximum Gasteiger partial charge on any atom is 0.259 e. The minimum atomic E-state index is -0.302. The number of amides is 3. The lowest BCUT2D eigenvalue weighted by molar-refractivity contribution is -0.130. The number of carbonyl (C=O) groups is 3. The van der Waals surface area contributed by atoms with Crippen LogP contribution in [0.2, 0.25) is 0 Å². The van der Waals surface area contributed by atoms with Gasteiger partial charge < -0.3 is 20.3 Å². The summed E-state index contributed by atoms with van der Waals surface area (Å²) < 4.78 is 5.62. The third kappa shape index (κ3) is 5.81. The second kappa shape index (κ2) is 9.73. The third-order valence-corrected chi connectivity index (χ3v) is 4.83. The molecule has 0 atom stereocenters. The van der Waals surface area contributed by atoms with Crippen molar-refractivity contribution < 1.29 is 19.1 Å². The quantitative estimate of drug-likeness (QED) is 0.786. The Bertz CT molecular complexity index is 861. The van der Waals surface area contributed by atoms with Crippen molar-refractivity contribution in [3.05, 3.63) is 60.2 Å². The number of rotatable bonds is 6. The van der Waals surface area contributed by atoms with E-state index in [4.69, 9.17) is 4.74 Å². The van der Waals surface area contributed by atoms with Gasteiger partial charge in [0.2, 0.25) is 5.91 Å². The molecular formula is C22H25N3O4. The molecule has 0 radical (unpaired) electrons. The van der Waals surface area contributed by atoms with Gasteiger partial charge in [0.05, 0.1) is 5.56 Å². The van der Waals surface area contributed by atoms with Gasteiger partial charge in [-0.05, 0) is 37.1 Å². The Labute approximate surface area is 170 Å². The van der Waals surface area contributed by atoms with Gasteiger partial charge in [0, 0.05) is 31.7 Å². The number of anilines is 1. The number of nitrogens with one attached hydrogen (secondary N) is 2. The van der Waals surface area contributed by atoms with Crippen LogP contribution in [0.1, 0.15) is 30.1 Å². The van der Waals surface area contributed by atoms with Crippen LogP contribution >= 0.6 is 0 Å². The van der Waals surface area contributed by atoms with E-state index in [-0.39, 0.29) is 30.4 Å². The van der Waals surface area contributed by atoms with Gasteiger partial charge in [-0.2, -0.15) is 0 Å². The van der Waals surface area contributed by atoms with Crippen LogP contribution in [0.4, 0.5) is 5.69 Å². The Hall–Kier alpha value is -3.35. The molecule has 1 heterocycles. The summed E-state index contributed by atoms with van der Waals surface area (Å²) in [4.78, 5) is 38.0. The number of hydrogen-bond donors (Lipinski definition) is 2. The number of piperidine rings is 1. The van der Waals surface area contributed by atoms with Crippen molar-refractivity contribution in [2.45, 2.75) is 25.8 Å². The highest BCUT2D eigenvalue weighted by Gasteiger charge is 2.22. The highest BCUT2D eigenvalue weighted by Crippen LogP contribution is 2.20. The third-order valence-electron chi connectivity index (χ3n) is 4.83. The van der Waals surface area contributed by atoms with Crippen molar-refractivity contribution in [3.63, 3.8) is 0 Å². The number of carbonyl (C=O) groups excluding carboxylic acids is 3. The van der Waals surface area contributed by atoms with E-state index in [1.807, 2.05) is 18.2 Å². The standard InChI is InChI=1S/C22H25N3O4/c1-16(26)25-13-11-18(12-14-25)23-21(27)15-29-20-10-6-5-9-19(20)22(28)24-17-7-3-2-4-8-17/h2-10,18H,11-15H2,1H3,(H,23,27)(H,24,28). The van der Waals surface area contributed by atoms with Crippen LogP contribution in [0, 0.1) is 0 Å². The average Bonchev–Trinajstić information content (AvgIpc) is 2.73. The number of likely N-dealkylation sites (tertiary alicyclic amines) is 1. The molecule has 2 N–H and O–H groups in total. The molecule has 1 saturated heterocycles. The van der Waals surface area contributed by atoms with E-state index in [1.54, 1.807) is 48.2 Å². The van der Waals surface area contributed by atoms with E-state index in [0.717, 1.165) is 12.8 Å². The van der Waals surface area contributed by atoms with E-state index in [2.05, 4.69) is 10.6 Å². The molecule has 0 aliphatic carbocycles. The van der Waals surface area contributed by atoms with E-state index < -0.39 is 0 Å². The zero-order chi connectivity index (χ0) is 20.6. The zero-order valence-electron chi connectivity index (χ0n) is 16.4. The predicted molar refractivity (Wildman–Crippen MR) is 110 cm³/mol. The summed E-state index contributed by atoms with van der Waals surface area (Å²) in [5, 5.41) is 5.75. The molecule has 0 spiro atoms. The number of ether oxygens (including phenoxy) is 1. The molecule has 152 valence electrons. The van der Waals surface area contributed by atoms with Crippen molar-refractivity contribution in [3.8, 4) is 5.75 Å². The van der Waals surface area contributed by atoms with Crippen molar-refractivity contribution >= 4 is 23.4 Å². The first-order valence-electron chi connectivity index (χ1n) is 9.66. The molecule has 0 aromatic heterocycles. The molecule has 1 aliphatic heterocycles. The Kier molecular flexibility index (Phi) is 6.84. The molecule has 2 aromatic rings. The lowest BCUT2D eigenvalue weighted by atomic mass is 10.1. The van der Waals surface area contributed by atoms with E-state index >= 15 is 0 Å². The second-order valence-electron chi connectivity index (χ2n) is 6.95. The van der Waals surface area contributed by atoms with Crippen LogP contribution in [-0.4, -0.2) is 48.4 Å². The molecular weight excluding hydrogens is 370 g/mol. The highest BCUT2D eigenvalue weighted by atomic mass is 16.5. The molecule has 2 aromatic carbocycles. The van der Waals surface area contributed by atoms with Gasteiger partial charge in [0.15, 0.2) is 6.61 Å². The van der Waals surface area contributed by atoms with Gasteiger partial charge in [0.1, 0.15) is 5.75 Å². The number of benzene rings is 2. The number of nitrogens with zero attached hydrogens (tertiary/aromatic N) is 1. The fraction of sp³-hybridized carbons (Fsp3) is 0.318. The van der Waals surface area contributed by atoms with Gasteiger partial charge in [-0.1, -0.05) is 30.3 Å². The summed E-state index contributed by atoms with van der Waals surface area (Å²) in [5.74, 6) is -0.140. The Morgan fingerprint density at radius 2 is 1.66 bits per heavy atom. The molecule has 3 amide bonds. The van der Waals surface area contributed by atoms with Gasteiger partial charge in [-0.3, -0.25) is 14.4 Å². The van der Waals surface area contributed by atoms with Crippen LogP contribution in [0.3, 0.4) is 0 Å². The Morgan fingerprint density at radius 1 is 1.00 bits per heavy atom. The van der Waals surface area contributed by atoms with Crippen LogP contribution in [-0.2, 0) is 9.59 Å². The fourth-order valence-electron chi connectivity index (χ4n) is 3.25. The van der Waals surface area contributed by atoms with Crippen molar-refractivity contribution in [2.24, 2.45) is 0 Å². The first-order chi connectivity index (χ1) is 14.0. The van der Waals surface area contributed by atoms with Crippen molar-refractivity contribution in [1.82, 2.24) is 10.2 Å². The summed E-state index contributed by atoms with van der Waals surface area (Å²) in [6.45, 7) is 2.66. The first-order valence-corrected chi connectivity index (χ1v) is 9.66. The summed E-state index contributed by atoms with van der Waals surface area (Å²) in [6.07, 6.45) is 1.45. The van der Waals surface area contributed by atoms with Gasteiger partial charge in [-0.15, -0.1) is 0 Å². The maximum absolute atomic E-state index is 12.6. The average molecular weight is 395 g/mol. The molecule has 1 aliphatic rings. The summed E-state index contributed by atoms with van der Waals surface area (Å²) in [5.41, 5.74) is 1.04. The molecule has 0 saturated carbocycles. The first kappa shape index (κ1) is 20.4. The SMILES string of the molecule is CC(=O)N1CCC(NC(=O)COc2ccccc2C(=O)Nc2ccccc2)CC1. The molecule has 0 unspecified atom stereocenters. The summed E-state index contributed by atoms with van der Waals surface area (Å²) >= 11 is 0. The largest absolute Gasteiger partial charge is 0.483 e. The molecule has 0 bridgehead atoms. The Balaban J connectivity index is 1.52. The molecule has 7 nitrogen and oxygen atoms in total. The maximum atomic E-state index is 12.6. The summed E-state index contributed by atoms with van der Waals surface area (Å²) in [6, 6.07) is 16.0. The number of para-hydroxylation sites is 2. The van der Waals surface area contributed by atoms with E-state index in [9.17, 15) is 14.4 Å². The highest BCUT2D eigenvalue weighted by molar-refractivity contribution is 6.06. The molecule has 29 heavy (non-hydrogen) atoms. The number of hydrogen-bond acceptors (Lipinski definition) is 4. The van der Waals surface area contributed by atoms with Crippen LogP contribution < -0.4 is 15.4 Å². The molecule has 3 rings (SSSR count). The minimum Gasteiger partial charge on any atom is -0.483 e. The molecule has 1 fully saturated rings. The van der Waals surface area contributed by atoms with Gasteiger partial charge in [0.25, 0.3) is 11.8 Å². The van der Waals surface area contributed by atoms with Crippen molar-refractivity contribution in [1.29, 1.82) is 0 Å². The lowest BCUT2D eigenvalue weighted by Crippen LogP contribution is -2.47. The van der Waals surface area contributed by atoms with Gasteiger partial charge in [-0.25, -0.2) is 0 Å². The lowest BCUT2D eigenvalue weighted by Gasteiger charge is -2.31. The zero-order valence-corrected chi connectivity index (χ0v) is 16.4. The van der Waals surface area contributed by atoms with Crippen LogP contribution in [0.5, 0.6) is 5.75 Å². The monoisotopic (exact) mass is 395 g/mol. The fourth-order valence-corrected chi connectivity index (χ4v) is 3.25. The smallest absolute Gasteiger partial charge is 0.259 e. The Morgan fingerprint density at radius 3 is 2.34 bits per heavy atom. The van der Waals surface area contributed by atoms with Crippen LogP contribution in [0.25, 0.3) is 0 Å². The van der Waals surface area contributed by atoms with Gasteiger partial charge >= 0.3 is 0 Å². The normalized spacial score (nSPS) is 14.2. The van der Waals surface area contributed by atoms with Crippen molar-refractivity contribution in [2.75, 3.05) is 25.0 Å². The topological polar surface area (TPSA) is 87.7 Å². The summed E-state index contributed by atoms with van der Waals surface area (Å²) in [7, 11) is 0. The molecule has 7 heteroatoms. The minimum absolute atomic E-state index is 0.0262.